The highest BCUT2D eigenvalue weighted by Crippen LogP contribution is 2.49. The largest absolute Gasteiger partial charge is 0.388 e. The van der Waals surface area contributed by atoms with Crippen molar-refractivity contribution in [2.75, 3.05) is 6.54 Å². The zero-order valence-electron chi connectivity index (χ0n) is 10.2. The van der Waals surface area contributed by atoms with Crippen molar-refractivity contribution in [1.82, 2.24) is 0 Å². The molecule has 2 aliphatic carbocycles. The Morgan fingerprint density at radius 3 is 2.29 bits per heavy atom. The molecule has 0 radical (unpaired) electrons. The maximum atomic E-state index is 10.5. The Kier molecular flexibility index (Phi) is 2.72. The smallest absolute Gasteiger partial charge is 0.0858 e. The molecule has 17 heavy (non-hydrogen) atoms. The van der Waals surface area contributed by atoms with E-state index < -0.39 is 0 Å². The number of hydrogen-bond donors (Lipinski definition) is 2. The van der Waals surface area contributed by atoms with Crippen LogP contribution in [0.25, 0.3) is 0 Å². The molecule has 1 atom stereocenters. The van der Waals surface area contributed by atoms with Gasteiger partial charge in [0.15, 0.2) is 0 Å². The van der Waals surface area contributed by atoms with Crippen molar-refractivity contribution in [3.8, 4) is 0 Å². The minimum Gasteiger partial charge on any atom is -0.388 e. The fourth-order valence-corrected chi connectivity index (χ4v) is 2.94. The van der Waals surface area contributed by atoms with Gasteiger partial charge >= 0.3 is 0 Å². The molecule has 2 fully saturated rings. The summed E-state index contributed by atoms with van der Waals surface area (Å²) in [5.41, 5.74) is 8.26. The Labute approximate surface area is 103 Å². The molecular weight excluding hydrogens is 210 g/mol. The summed E-state index contributed by atoms with van der Waals surface area (Å²) in [6, 6.07) is 8.54. The molecule has 1 unspecified atom stereocenters. The minimum absolute atomic E-state index is 0.0406. The van der Waals surface area contributed by atoms with Crippen molar-refractivity contribution in [1.29, 1.82) is 0 Å². The van der Waals surface area contributed by atoms with E-state index in [1.807, 2.05) is 0 Å². The van der Waals surface area contributed by atoms with Gasteiger partial charge in [0.1, 0.15) is 0 Å². The second-order valence-corrected chi connectivity index (χ2v) is 5.76. The molecule has 2 aliphatic rings. The van der Waals surface area contributed by atoms with Gasteiger partial charge in [0.25, 0.3) is 0 Å². The fraction of sp³-hybridized carbons (Fsp3) is 0.600. The third-order valence-electron chi connectivity index (χ3n) is 4.64. The molecule has 0 spiro atoms. The van der Waals surface area contributed by atoms with Gasteiger partial charge in [0.2, 0.25) is 0 Å². The quantitative estimate of drug-likeness (QED) is 0.837. The van der Waals surface area contributed by atoms with Crippen LogP contribution >= 0.6 is 0 Å². The molecule has 1 aromatic rings. The molecule has 2 heteroatoms. The molecule has 1 aromatic carbocycles. The van der Waals surface area contributed by atoms with Crippen LogP contribution in [0.5, 0.6) is 0 Å². The van der Waals surface area contributed by atoms with E-state index in [-0.39, 0.29) is 11.5 Å². The summed E-state index contributed by atoms with van der Waals surface area (Å²) in [5.74, 6) is 0.786. The lowest BCUT2D eigenvalue weighted by molar-refractivity contribution is -0.0297. The van der Waals surface area contributed by atoms with E-state index in [2.05, 4.69) is 24.3 Å². The maximum Gasteiger partial charge on any atom is 0.0858 e. The molecule has 0 bridgehead atoms. The second-order valence-electron chi connectivity index (χ2n) is 5.76. The molecule has 0 aromatic heterocycles. The van der Waals surface area contributed by atoms with Crippen LogP contribution < -0.4 is 5.73 Å². The van der Waals surface area contributed by atoms with Gasteiger partial charge in [-0.3, -0.25) is 0 Å². The number of nitrogens with two attached hydrogens (primary N) is 1. The lowest BCUT2D eigenvalue weighted by atomic mass is 9.63. The zero-order valence-corrected chi connectivity index (χ0v) is 10.2. The van der Waals surface area contributed by atoms with Gasteiger partial charge in [0.05, 0.1) is 6.10 Å². The number of aliphatic hydroxyl groups is 1. The number of hydrogen-bond acceptors (Lipinski definition) is 2. The highest BCUT2D eigenvalue weighted by molar-refractivity contribution is 5.30. The monoisotopic (exact) mass is 231 g/mol. The molecule has 92 valence electrons. The second kappa shape index (κ2) is 4.11. The molecular formula is C15H21NO. The van der Waals surface area contributed by atoms with Gasteiger partial charge in [0, 0.05) is 12.0 Å². The first-order valence-corrected chi connectivity index (χ1v) is 6.73. The average Bonchev–Trinajstić information content (AvgIpc) is 3.12. The molecule has 3 N–H and O–H groups in total. The third kappa shape index (κ3) is 1.90. The summed E-state index contributed by atoms with van der Waals surface area (Å²) in [4.78, 5) is 0. The summed E-state index contributed by atoms with van der Waals surface area (Å²) in [6.07, 6.45) is 5.61. The fourth-order valence-electron chi connectivity index (χ4n) is 2.94. The Bertz CT molecular complexity index is 384. The molecule has 2 saturated carbocycles. The van der Waals surface area contributed by atoms with Gasteiger partial charge in [-0.1, -0.05) is 30.7 Å². The van der Waals surface area contributed by atoms with E-state index >= 15 is 0 Å². The summed E-state index contributed by atoms with van der Waals surface area (Å²) in [7, 11) is 0. The highest BCUT2D eigenvalue weighted by Gasteiger charge is 2.42. The Balaban J connectivity index is 1.78. The first-order valence-electron chi connectivity index (χ1n) is 6.73. The van der Waals surface area contributed by atoms with Gasteiger partial charge in [-0.25, -0.2) is 0 Å². The topological polar surface area (TPSA) is 46.2 Å². The number of benzene rings is 1. The summed E-state index contributed by atoms with van der Waals surface area (Å²) in [6.45, 7) is 0.596. The summed E-state index contributed by atoms with van der Waals surface area (Å²) < 4.78 is 0. The minimum atomic E-state index is -0.380. The molecule has 3 rings (SSSR count). The molecule has 0 saturated heterocycles. The Hall–Kier alpha value is -0.860. The Morgan fingerprint density at radius 2 is 1.88 bits per heavy atom. The van der Waals surface area contributed by atoms with Crippen molar-refractivity contribution >= 4 is 0 Å². The average molecular weight is 231 g/mol. The summed E-state index contributed by atoms with van der Waals surface area (Å²) >= 11 is 0. The van der Waals surface area contributed by atoms with E-state index in [9.17, 15) is 5.11 Å². The van der Waals surface area contributed by atoms with Crippen molar-refractivity contribution in [3.05, 3.63) is 35.4 Å². The van der Waals surface area contributed by atoms with Gasteiger partial charge < -0.3 is 10.8 Å². The highest BCUT2D eigenvalue weighted by atomic mass is 16.3. The van der Waals surface area contributed by atoms with Gasteiger partial charge in [-0.15, -0.1) is 0 Å². The molecule has 0 heterocycles. The molecule has 0 aliphatic heterocycles. The SMILES string of the molecule is NCC1(C(O)c2ccc(C3CC3)cc2)CCC1. The van der Waals surface area contributed by atoms with E-state index in [1.165, 1.54) is 24.8 Å². The van der Waals surface area contributed by atoms with Crippen molar-refractivity contribution < 1.29 is 5.11 Å². The van der Waals surface area contributed by atoms with Crippen LogP contribution in [0, 0.1) is 5.41 Å². The maximum absolute atomic E-state index is 10.5. The van der Waals surface area contributed by atoms with Gasteiger partial charge in [-0.05, 0) is 42.7 Å². The van der Waals surface area contributed by atoms with Crippen molar-refractivity contribution in [3.63, 3.8) is 0 Å². The zero-order chi connectivity index (χ0) is 11.9. The predicted molar refractivity (Wildman–Crippen MR) is 68.7 cm³/mol. The van der Waals surface area contributed by atoms with Crippen LogP contribution in [0.1, 0.15) is 55.3 Å². The molecule has 0 amide bonds. The van der Waals surface area contributed by atoms with Gasteiger partial charge in [-0.2, -0.15) is 0 Å². The van der Waals surface area contributed by atoms with Crippen LogP contribution in [0.15, 0.2) is 24.3 Å². The van der Waals surface area contributed by atoms with E-state index in [1.54, 1.807) is 0 Å². The third-order valence-corrected chi connectivity index (χ3v) is 4.64. The van der Waals surface area contributed by atoms with Crippen LogP contribution in [0.4, 0.5) is 0 Å². The first kappa shape index (κ1) is 11.2. The van der Waals surface area contributed by atoms with Crippen LogP contribution in [-0.4, -0.2) is 11.7 Å². The van der Waals surface area contributed by atoms with Crippen LogP contribution in [0.2, 0.25) is 0 Å². The standard InChI is InChI=1S/C15H21NO/c16-10-15(8-1-9-15)14(17)13-6-4-12(5-7-13)11-2-3-11/h4-7,11,14,17H,1-3,8-10,16H2. The molecule has 2 nitrogen and oxygen atoms in total. The normalized spacial score (nSPS) is 24.1. The van der Waals surface area contributed by atoms with E-state index in [0.29, 0.717) is 6.54 Å². The Morgan fingerprint density at radius 1 is 1.24 bits per heavy atom. The van der Waals surface area contributed by atoms with E-state index in [0.717, 1.165) is 24.3 Å². The van der Waals surface area contributed by atoms with Crippen molar-refractivity contribution in [2.24, 2.45) is 11.1 Å². The van der Waals surface area contributed by atoms with Crippen LogP contribution in [-0.2, 0) is 0 Å². The van der Waals surface area contributed by atoms with Crippen LogP contribution in [0.3, 0.4) is 0 Å². The summed E-state index contributed by atoms with van der Waals surface area (Å²) in [5, 5.41) is 10.5. The van der Waals surface area contributed by atoms with E-state index in [4.69, 9.17) is 5.73 Å². The lowest BCUT2D eigenvalue weighted by Crippen LogP contribution is -2.42. The van der Waals surface area contributed by atoms with Crippen molar-refractivity contribution in [2.45, 2.75) is 44.1 Å². The first-order chi connectivity index (χ1) is 8.25. The lowest BCUT2D eigenvalue weighted by Gasteiger charge is -2.44. The predicted octanol–water partition coefficient (Wildman–Crippen LogP) is 2.73. The number of aliphatic hydroxyl groups excluding tert-OH is 1. The number of rotatable bonds is 4.